The fraction of sp³-hybridized carbons (Fsp3) is 0.833. The maximum atomic E-state index is 11.8. The van der Waals surface area contributed by atoms with E-state index in [-0.39, 0.29) is 11.8 Å². The SMILES string of the molecule is CCCC(CCC)C(=O)NC(=O)C(N)C(C)O. The van der Waals surface area contributed by atoms with Crippen LogP contribution in [0, 0.1) is 5.92 Å². The van der Waals surface area contributed by atoms with Crippen LogP contribution in [0.2, 0.25) is 0 Å². The molecule has 0 radical (unpaired) electrons. The molecule has 0 spiro atoms. The summed E-state index contributed by atoms with van der Waals surface area (Å²) in [5, 5.41) is 11.4. The molecule has 2 unspecified atom stereocenters. The number of nitrogens with one attached hydrogen (secondary N) is 1. The van der Waals surface area contributed by atoms with E-state index in [1.165, 1.54) is 6.92 Å². The minimum absolute atomic E-state index is 0.143. The van der Waals surface area contributed by atoms with E-state index in [4.69, 9.17) is 10.8 Å². The highest BCUT2D eigenvalue weighted by Crippen LogP contribution is 2.13. The van der Waals surface area contributed by atoms with Crippen molar-refractivity contribution in [3.05, 3.63) is 0 Å². The first kappa shape index (κ1) is 16.1. The molecule has 5 heteroatoms. The number of hydrogen-bond donors (Lipinski definition) is 3. The van der Waals surface area contributed by atoms with Crippen molar-refractivity contribution >= 4 is 11.8 Å². The van der Waals surface area contributed by atoms with E-state index in [1.54, 1.807) is 0 Å². The Morgan fingerprint density at radius 2 is 1.65 bits per heavy atom. The van der Waals surface area contributed by atoms with Gasteiger partial charge in [0.15, 0.2) is 0 Å². The highest BCUT2D eigenvalue weighted by molar-refractivity contribution is 5.98. The third-order valence-corrected chi connectivity index (χ3v) is 2.71. The summed E-state index contributed by atoms with van der Waals surface area (Å²) in [7, 11) is 0. The van der Waals surface area contributed by atoms with Crippen LogP contribution in [0.5, 0.6) is 0 Å². The molecule has 0 heterocycles. The van der Waals surface area contributed by atoms with Gasteiger partial charge >= 0.3 is 0 Å². The molecule has 2 atom stereocenters. The van der Waals surface area contributed by atoms with E-state index in [1.807, 2.05) is 13.8 Å². The fourth-order valence-electron chi connectivity index (χ4n) is 1.63. The van der Waals surface area contributed by atoms with Crippen molar-refractivity contribution in [2.24, 2.45) is 11.7 Å². The van der Waals surface area contributed by atoms with E-state index >= 15 is 0 Å². The van der Waals surface area contributed by atoms with Crippen molar-refractivity contribution < 1.29 is 14.7 Å². The molecule has 0 bridgehead atoms. The smallest absolute Gasteiger partial charge is 0.246 e. The van der Waals surface area contributed by atoms with E-state index in [0.717, 1.165) is 25.7 Å². The zero-order chi connectivity index (χ0) is 13.4. The van der Waals surface area contributed by atoms with Crippen LogP contribution in [0.1, 0.15) is 46.5 Å². The minimum atomic E-state index is -1.05. The molecule has 0 aliphatic rings. The maximum absolute atomic E-state index is 11.8. The van der Waals surface area contributed by atoms with Crippen molar-refractivity contribution in [3.8, 4) is 0 Å². The molecular weight excluding hydrogens is 220 g/mol. The topological polar surface area (TPSA) is 92.4 Å². The first-order valence-electron chi connectivity index (χ1n) is 6.22. The standard InChI is InChI=1S/C12H24N2O3/c1-4-6-9(7-5-2)11(16)14-12(17)10(13)8(3)15/h8-10,15H,4-7,13H2,1-3H3,(H,14,16,17). The summed E-state index contributed by atoms with van der Waals surface area (Å²) in [5.41, 5.74) is 5.44. The number of aliphatic hydroxyl groups excluding tert-OH is 1. The largest absolute Gasteiger partial charge is 0.391 e. The van der Waals surface area contributed by atoms with Gasteiger partial charge in [0.25, 0.3) is 0 Å². The number of amides is 2. The van der Waals surface area contributed by atoms with Crippen molar-refractivity contribution in [1.82, 2.24) is 5.32 Å². The first-order valence-corrected chi connectivity index (χ1v) is 6.22. The Bertz CT molecular complexity index is 248. The Morgan fingerprint density at radius 1 is 1.18 bits per heavy atom. The molecule has 5 nitrogen and oxygen atoms in total. The second kappa shape index (κ2) is 8.20. The molecule has 0 fully saturated rings. The number of hydrogen-bond acceptors (Lipinski definition) is 4. The third-order valence-electron chi connectivity index (χ3n) is 2.71. The van der Waals surface area contributed by atoms with Crippen LogP contribution in [0.4, 0.5) is 0 Å². The van der Waals surface area contributed by atoms with Crippen molar-refractivity contribution in [2.75, 3.05) is 0 Å². The van der Waals surface area contributed by atoms with Gasteiger partial charge in [-0.05, 0) is 19.8 Å². The van der Waals surface area contributed by atoms with E-state index in [2.05, 4.69) is 5.32 Å². The zero-order valence-electron chi connectivity index (χ0n) is 10.9. The van der Waals surface area contributed by atoms with Crippen LogP contribution < -0.4 is 11.1 Å². The average molecular weight is 244 g/mol. The van der Waals surface area contributed by atoms with Gasteiger partial charge in [-0.25, -0.2) is 0 Å². The average Bonchev–Trinajstić information content (AvgIpc) is 2.27. The van der Waals surface area contributed by atoms with Crippen LogP contribution in [0.15, 0.2) is 0 Å². The van der Waals surface area contributed by atoms with E-state index in [0.29, 0.717) is 0 Å². The fourth-order valence-corrected chi connectivity index (χ4v) is 1.63. The highest BCUT2D eigenvalue weighted by Gasteiger charge is 2.24. The molecule has 0 aromatic carbocycles. The normalized spacial score (nSPS) is 14.5. The van der Waals surface area contributed by atoms with E-state index < -0.39 is 18.1 Å². The molecular formula is C12H24N2O3. The minimum Gasteiger partial charge on any atom is -0.391 e. The Morgan fingerprint density at radius 3 is 2.00 bits per heavy atom. The van der Waals surface area contributed by atoms with Crippen molar-refractivity contribution in [3.63, 3.8) is 0 Å². The molecule has 4 N–H and O–H groups in total. The summed E-state index contributed by atoms with van der Waals surface area (Å²) in [6.07, 6.45) is 2.36. The predicted molar refractivity (Wildman–Crippen MR) is 66.1 cm³/mol. The van der Waals surface area contributed by atoms with Crippen LogP contribution in [-0.2, 0) is 9.59 Å². The van der Waals surface area contributed by atoms with Gasteiger partial charge < -0.3 is 10.8 Å². The lowest BCUT2D eigenvalue weighted by molar-refractivity contribution is -0.134. The second-order valence-corrected chi connectivity index (χ2v) is 4.39. The molecule has 17 heavy (non-hydrogen) atoms. The van der Waals surface area contributed by atoms with Gasteiger partial charge in [0.2, 0.25) is 11.8 Å². The number of carbonyl (C=O) groups is 2. The lowest BCUT2D eigenvalue weighted by atomic mass is 9.97. The van der Waals surface area contributed by atoms with Gasteiger partial charge in [-0.1, -0.05) is 26.7 Å². The molecule has 0 saturated heterocycles. The first-order chi connectivity index (χ1) is 7.93. The quantitative estimate of drug-likeness (QED) is 0.610. The molecule has 0 aliphatic carbocycles. The second-order valence-electron chi connectivity index (χ2n) is 4.39. The van der Waals surface area contributed by atoms with Gasteiger partial charge in [0.05, 0.1) is 6.10 Å². The molecule has 100 valence electrons. The van der Waals surface area contributed by atoms with Gasteiger partial charge in [-0.2, -0.15) is 0 Å². The Kier molecular flexibility index (Phi) is 7.74. The van der Waals surface area contributed by atoms with Gasteiger partial charge in [-0.3, -0.25) is 14.9 Å². The molecule has 0 rings (SSSR count). The molecule has 0 aromatic rings. The molecule has 2 amide bonds. The van der Waals surface area contributed by atoms with E-state index in [9.17, 15) is 9.59 Å². The highest BCUT2D eigenvalue weighted by atomic mass is 16.3. The van der Waals surface area contributed by atoms with Gasteiger partial charge in [0, 0.05) is 5.92 Å². The van der Waals surface area contributed by atoms with Gasteiger partial charge in [0.1, 0.15) is 6.04 Å². The summed E-state index contributed by atoms with van der Waals surface area (Å²) in [6.45, 7) is 5.42. The van der Waals surface area contributed by atoms with Crippen LogP contribution in [0.25, 0.3) is 0 Å². The summed E-state index contributed by atoms with van der Waals surface area (Å²) in [5.74, 6) is -1.04. The molecule has 0 aliphatic heterocycles. The van der Waals surface area contributed by atoms with Crippen LogP contribution in [-0.4, -0.2) is 29.1 Å². The van der Waals surface area contributed by atoms with Crippen molar-refractivity contribution in [1.29, 1.82) is 0 Å². The Hall–Kier alpha value is -0.940. The monoisotopic (exact) mass is 244 g/mol. The lowest BCUT2D eigenvalue weighted by Gasteiger charge is -2.18. The van der Waals surface area contributed by atoms with Crippen LogP contribution >= 0.6 is 0 Å². The Balaban J connectivity index is 4.34. The molecule has 0 saturated carbocycles. The number of aliphatic hydroxyl groups is 1. The summed E-state index contributed by atoms with van der Waals surface area (Å²) < 4.78 is 0. The summed E-state index contributed by atoms with van der Waals surface area (Å²) >= 11 is 0. The maximum Gasteiger partial charge on any atom is 0.246 e. The number of carbonyl (C=O) groups excluding carboxylic acids is 2. The number of nitrogens with two attached hydrogens (primary N) is 1. The number of rotatable bonds is 7. The third kappa shape index (κ3) is 5.79. The summed E-state index contributed by atoms with van der Waals surface area (Å²) in [4.78, 5) is 23.3. The lowest BCUT2D eigenvalue weighted by Crippen LogP contribution is -2.50. The Labute approximate surface area is 103 Å². The number of imide groups is 1. The zero-order valence-corrected chi connectivity index (χ0v) is 10.9. The predicted octanol–water partition coefficient (Wildman–Crippen LogP) is 0.554. The van der Waals surface area contributed by atoms with Crippen LogP contribution in [0.3, 0.4) is 0 Å². The van der Waals surface area contributed by atoms with Gasteiger partial charge in [-0.15, -0.1) is 0 Å². The van der Waals surface area contributed by atoms with Crippen molar-refractivity contribution in [2.45, 2.75) is 58.6 Å². The molecule has 0 aromatic heterocycles. The summed E-state index contributed by atoms with van der Waals surface area (Å²) in [6, 6.07) is -1.05.